The lowest BCUT2D eigenvalue weighted by molar-refractivity contribution is -0.144. The van der Waals surface area contributed by atoms with Crippen LogP contribution in [0.5, 0.6) is 0 Å². The molecule has 92 valence electrons. The molecule has 0 heterocycles. The van der Waals surface area contributed by atoms with Crippen molar-refractivity contribution in [1.29, 1.82) is 0 Å². The van der Waals surface area contributed by atoms with Crippen LogP contribution in [-0.2, 0) is 9.16 Å². The van der Waals surface area contributed by atoms with Crippen LogP contribution in [0.4, 0.5) is 0 Å². The summed E-state index contributed by atoms with van der Waals surface area (Å²) in [6.45, 7) is 13.3. The molecular weight excluding hydrogens is 204 g/mol. The van der Waals surface area contributed by atoms with Crippen LogP contribution in [-0.4, -0.2) is 29.3 Å². The quantitative estimate of drug-likeness (QED) is 0.652. The van der Waals surface area contributed by atoms with E-state index in [1.165, 1.54) is 0 Å². The van der Waals surface area contributed by atoms with Crippen LogP contribution in [0.25, 0.3) is 0 Å². The van der Waals surface area contributed by atoms with Crippen molar-refractivity contribution in [3.05, 3.63) is 0 Å². The molecular formula is C12H28O2Si. The van der Waals surface area contributed by atoms with Crippen molar-refractivity contribution >= 4 is 10.5 Å². The Morgan fingerprint density at radius 3 is 1.40 bits per heavy atom. The van der Waals surface area contributed by atoms with E-state index in [9.17, 15) is 0 Å². The normalized spacial score (nSPS) is 15.6. The van der Waals surface area contributed by atoms with E-state index in [0.29, 0.717) is 17.8 Å². The highest BCUT2D eigenvalue weighted by Gasteiger charge is 2.45. The van der Waals surface area contributed by atoms with E-state index in [-0.39, 0.29) is 11.7 Å². The summed E-state index contributed by atoms with van der Waals surface area (Å²) in [7, 11) is 2.56. The lowest BCUT2D eigenvalue weighted by Crippen LogP contribution is -2.56. The van der Waals surface area contributed by atoms with Gasteiger partial charge in [0.15, 0.2) is 0 Å². The molecule has 0 N–H and O–H groups in total. The molecule has 2 nitrogen and oxygen atoms in total. The molecule has 0 fully saturated rings. The number of hydrogen-bond donors (Lipinski definition) is 0. The summed E-state index contributed by atoms with van der Waals surface area (Å²) in [4.78, 5) is 0. The summed E-state index contributed by atoms with van der Waals surface area (Å²) < 4.78 is 11.7. The topological polar surface area (TPSA) is 18.5 Å². The fourth-order valence-corrected chi connectivity index (χ4v) is 4.06. The van der Waals surface area contributed by atoms with Crippen molar-refractivity contribution in [2.75, 3.05) is 7.11 Å². The van der Waals surface area contributed by atoms with Gasteiger partial charge in [-0.25, -0.2) is 0 Å². The van der Waals surface area contributed by atoms with Crippen LogP contribution >= 0.6 is 0 Å². The van der Waals surface area contributed by atoms with Gasteiger partial charge in [0.2, 0.25) is 0 Å². The molecule has 0 spiro atoms. The number of ether oxygens (including phenoxy) is 1. The van der Waals surface area contributed by atoms with Gasteiger partial charge in [-0.05, 0) is 17.8 Å². The largest absolute Gasteiger partial charge is 0.419 e. The minimum Gasteiger partial charge on any atom is -0.419 e. The van der Waals surface area contributed by atoms with Gasteiger partial charge in [0.1, 0.15) is 10.5 Å². The van der Waals surface area contributed by atoms with Gasteiger partial charge in [0.25, 0.3) is 0 Å². The SMILES string of the molecule is COC(C(C)C)C(O[SiH3])(C(C)C)C(C)C. The van der Waals surface area contributed by atoms with Crippen molar-refractivity contribution in [2.24, 2.45) is 17.8 Å². The Balaban J connectivity index is 5.21. The van der Waals surface area contributed by atoms with Gasteiger partial charge in [-0.3, -0.25) is 0 Å². The van der Waals surface area contributed by atoms with Gasteiger partial charge in [-0.15, -0.1) is 0 Å². The lowest BCUT2D eigenvalue weighted by Gasteiger charge is -2.47. The Morgan fingerprint density at radius 1 is 0.933 bits per heavy atom. The van der Waals surface area contributed by atoms with Crippen LogP contribution < -0.4 is 0 Å². The Hall–Kier alpha value is 0.137. The average Bonchev–Trinajstić information content (AvgIpc) is 2.11. The van der Waals surface area contributed by atoms with Crippen LogP contribution in [0, 0.1) is 17.8 Å². The Morgan fingerprint density at radius 2 is 1.33 bits per heavy atom. The first-order valence-corrected chi connectivity index (χ1v) is 6.74. The van der Waals surface area contributed by atoms with E-state index in [1.807, 2.05) is 0 Å². The van der Waals surface area contributed by atoms with Crippen molar-refractivity contribution < 1.29 is 9.16 Å². The molecule has 0 aliphatic rings. The minimum atomic E-state index is -0.130. The highest BCUT2D eigenvalue weighted by atomic mass is 28.2. The molecule has 0 aromatic carbocycles. The number of rotatable bonds is 6. The predicted molar refractivity (Wildman–Crippen MR) is 69.1 cm³/mol. The summed E-state index contributed by atoms with van der Waals surface area (Å²) in [5.74, 6) is 1.43. The van der Waals surface area contributed by atoms with E-state index in [1.54, 1.807) is 7.11 Å². The molecule has 0 aliphatic heterocycles. The molecule has 0 aromatic heterocycles. The Labute approximate surface area is 98.3 Å². The van der Waals surface area contributed by atoms with Gasteiger partial charge in [-0.2, -0.15) is 0 Å². The van der Waals surface area contributed by atoms with E-state index in [4.69, 9.17) is 9.16 Å². The third kappa shape index (κ3) is 2.83. The monoisotopic (exact) mass is 232 g/mol. The van der Waals surface area contributed by atoms with Gasteiger partial charge < -0.3 is 9.16 Å². The molecule has 0 aliphatic carbocycles. The van der Waals surface area contributed by atoms with Gasteiger partial charge >= 0.3 is 0 Å². The van der Waals surface area contributed by atoms with Gasteiger partial charge in [-0.1, -0.05) is 41.5 Å². The second-order valence-corrected chi connectivity index (χ2v) is 5.68. The first kappa shape index (κ1) is 15.1. The maximum Gasteiger partial charge on any atom is 0.146 e. The maximum atomic E-state index is 5.99. The molecule has 0 bridgehead atoms. The molecule has 0 saturated carbocycles. The summed E-state index contributed by atoms with van der Waals surface area (Å²) in [6, 6.07) is 0. The zero-order chi connectivity index (χ0) is 12.2. The van der Waals surface area contributed by atoms with Crippen LogP contribution in [0.1, 0.15) is 41.5 Å². The van der Waals surface area contributed by atoms with E-state index in [0.717, 1.165) is 10.5 Å². The van der Waals surface area contributed by atoms with Crippen molar-refractivity contribution in [3.63, 3.8) is 0 Å². The molecule has 0 aromatic rings. The highest BCUT2D eigenvalue weighted by Crippen LogP contribution is 2.37. The first-order chi connectivity index (χ1) is 6.84. The fourth-order valence-electron chi connectivity index (χ4n) is 2.89. The predicted octanol–water partition coefficient (Wildman–Crippen LogP) is 2.01. The molecule has 0 amide bonds. The summed E-state index contributed by atoms with van der Waals surface area (Å²) in [5, 5.41) is 0. The summed E-state index contributed by atoms with van der Waals surface area (Å²) >= 11 is 0. The third-order valence-corrected chi connectivity index (χ3v) is 4.17. The van der Waals surface area contributed by atoms with E-state index in [2.05, 4.69) is 41.5 Å². The van der Waals surface area contributed by atoms with Crippen LogP contribution in [0.3, 0.4) is 0 Å². The Bertz CT molecular complexity index is 170. The molecule has 3 heteroatoms. The van der Waals surface area contributed by atoms with Crippen molar-refractivity contribution in [3.8, 4) is 0 Å². The summed E-state index contributed by atoms with van der Waals surface area (Å²) in [6.07, 6.45) is 0.176. The molecule has 1 unspecified atom stereocenters. The van der Waals surface area contributed by atoms with Gasteiger partial charge in [0.05, 0.1) is 11.7 Å². The Kier molecular flexibility index (Phi) is 6.07. The third-order valence-electron chi connectivity index (χ3n) is 3.46. The van der Waals surface area contributed by atoms with Gasteiger partial charge in [0, 0.05) is 7.11 Å². The molecule has 1 atom stereocenters. The van der Waals surface area contributed by atoms with Crippen LogP contribution in [0.15, 0.2) is 0 Å². The number of hydrogen-bond acceptors (Lipinski definition) is 2. The van der Waals surface area contributed by atoms with E-state index >= 15 is 0 Å². The second-order valence-electron chi connectivity index (χ2n) is 5.27. The standard InChI is InChI=1S/C12H28O2Si/c1-8(2)11(13-7)12(14-15,9(3)4)10(5)6/h8-11H,1-7,15H3. The number of methoxy groups -OCH3 is 1. The maximum absolute atomic E-state index is 5.99. The second kappa shape index (κ2) is 6.02. The molecule has 0 radical (unpaired) electrons. The highest BCUT2D eigenvalue weighted by molar-refractivity contribution is 5.98. The average molecular weight is 232 g/mol. The minimum absolute atomic E-state index is 0.130. The molecule has 0 saturated heterocycles. The zero-order valence-corrected chi connectivity index (χ0v) is 13.6. The van der Waals surface area contributed by atoms with E-state index < -0.39 is 0 Å². The van der Waals surface area contributed by atoms with Crippen molar-refractivity contribution in [2.45, 2.75) is 53.2 Å². The van der Waals surface area contributed by atoms with Crippen molar-refractivity contribution in [1.82, 2.24) is 0 Å². The molecule has 15 heavy (non-hydrogen) atoms. The van der Waals surface area contributed by atoms with Crippen LogP contribution in [0.2, 0.25) is 0 Å². The smallest absolute Gasteiger partial charge is 0.146 e. The molecule has 0 rings (SSSR count). The fraction of sp³-hybridized carbons (Fsp3) is 1.00. The lowest BCUT2D eigenvalue weighted by atomic mass is 9.73. The first-order valence-electron chi connectivity index (χ1n) is 5.92. The zero-order valence-electron chi connectivity index (χ0n) is 11.6. The summed E-state index contributed by atoms with van der Waals surface area (Å²) in [5.41, 5.74) is -0.130.